The maximum atomic E-state index is 12.7. The smallest absolute Gasteiger partial charge is 0.462 e. The minimum Gasteiger partial charge on any atom is -0.462 e. The molecule has 1 aliphatic rings. The van der Waals surface area contributed by atoms with Crippen LogP contribution in [0.3, 0.4) is 0 Å². The van der Waals surface area contributed by atoms with Crippen molar-refractivity contribution < 1.29 is 42.1 Å². The molecule has 0 aliphatic heterocycles. The minimum absolute atomic E-state index is 0.0379. The standard InChI is InChI=1S/C42H82NO8P/c1-5-6-7-8-9-10-11-12-13-14-19-22-29-34-42(45)51-40(38-50-52(46,47)49-36-35-43(2,3)4)37-48-41(44)33-28-21-18-16-15-17-20-25-30-39-31-26-23-24-27-32-39/h39-40H,5-38H2,1-4H3/p+1/t40-/m1/s1. The van der Waals surface area contributed by atoms with E-state index in [4.69, 9.17) is 18.5 Å². The van der Waals surface area contributed by atoms with Gasteiger partial charge in [0.1, 0.15) is 19.8 Å². The molecule has 0 amide bonds. The molecule has 10 heteroatoms. The van der Waals surface area contributed by atoms with E-state index in [1.54, 1.807) is 0 Å². The quantitative estimate of drug-likeness (QED) is 0.0224. The number of nitrogens with zero attached hydrogens (tertiary/aromatic N) is 1. The highest BCUT2D eigenvalue weighted by Gasteiger charge is 2.27. The molecule has 0 aromatic rings. The van der Waals surface area contributed by atoms with Crippen LogP contribution in [0, 0.1) is 5.92 Å². The summed E-state index contributed by atoms with van der Waals surface area (Å²) in [5, 5.41) is 0. The van der Waals surface area contributed by atoms with E-state index in [9.17, 15) is 19.0 Å². The first-order valence-corrected chi connectivity index (χ1v) is 23.3. The van der Waals surface area contributed by atoms with Crippen LogP contribution >= 0.6 is 7.82 Å². The average molecular weight is 761 g/mol. The number of carbonyl (C=O) groups excluding carboxylic acids is 2. The molecule has 0 aromatic carbocycles. The Morgan fingerprint density at radius 2 is 1.10 bits per heavy atom. The summed E-state index contributed by atoms with van der Waals surface area (Å²) in [4.78, 5) is 35.3. The van der Waals surface area contributed by atoms with Crippen molar-refractivity contribution in [1.29, 1.82) is 0 Å². The number of esters is 2. The fraction of sp³-hybridized carbons (Fsp3) is 0.952. The zero-order valence-electron chi connectivity index (χ0n) is 34.4. The number of ether oxygens (including phenoxy) is 2. The SMILES string of the molecule is CCCCCCCCCCCCCCCC(=O)O[C@H](COC(=O)CCCCCCCCCCC1CCCCCC1)COP(=O)(O)OCC[N+](C)(C)C. The summed E-state index contributed by atoms with van der Waals surface area (Å²) in [5.74, 6) is 0.192. The zero-order chi connectivity index (χ0) is 38.2. The minimum atomic E-state index is -4.36. The summed E-state index contributed by atoms with van der Waals surface area (Å²) in [6, 6.07) is 0. The molecular formula is C42H83NO8P+. The Balaban J connectivity index is 2.28. The Morgan fingerprint density at radius 3 is 1.60 bits per heavy atom. The molecule has 1 rings (SSSR count). The van der Waals surface area contributed by atoms with E-state index in [1.807, 2.05) is 21.1 Å². The van der Waals surface area contributed by atoms with Gasteiger partial charge >= 0.3 is 19.8 Å². The zero-order valence-corrected chi connectivity index (χ0v) is 35.3. The van der Waals surface area contributed by atoms with Gasteiger partial charge in [-0.2, -0.15) is 0 Å². The van der Waals surface area contributed by atoms with Crippen LogP contribution in [0.4, 0.5) is 0 Å². The summed E-state index contributed by atoms with van der Waals surface area (Å²) in [6.07, 6.45) is 34.8. The van der Waals surface area contributed by atoms with E-state index in [1.165, 1.54) is 141 Å². The summed E-state index contributed by atoms with van der Waals surface area (Å²) in [6.45, 7) is 2.19. The number of likely N-dealkylation sites (N-methyl/N-ethyl adjacent to an activating group) is 1. The number of quaternary nitrogens is 1. The van der Waals surface area contributed by atoms with Gasteiger partial charge in [-0.1, -0.05) is 174 Å². The molecule has 1 N–H and O–H groups in total. The number of hydrogen-bond acceptors (Lipinski definition) is 7. The first-order valence-electron chi connectivity index (χ1n) is 21.8. The van der Waals surface area contributed by atoms with Crippen molar-refractivity contribution in [2.24, 2.45) is 5.92 Å². The Labute approximate surface area is 320 Å². The van der Waals surface area contributed by atoms with Gasteiger partial charge in [-0.15, -0.1) is 0 Å². The van der Waals surface area contributed by atoms with Crippen molar-refractivity contribution >= 4 is 19.8 Å². The van der Waals surface area contributed by atoms with Gasteiger partial charge < -0.3 is 18.9 Å². The van der Waals surface area contributed by atoms with Gasteiger partial charge in [0.25, 0.3) is 0 Å². The second-order valence-electron chi connectivity index (χ2n) is 16.6. The lowest BCUT2D eigenvalue weighted by atomic mass is 9.93. The van der Waals surface area contributed by atoms with Crippen LogP contribution < -0.4 is 0 Å². The van der Waals surface area contributed by atoms with E-state index in [2.05, 4.69) is 6.92 Å². The van der Waals surface area contributed by atoms with Crippen LogP contribution in [-0.4, -0.2) is 74.9 Å². The second-order valence-corrected chi connectivity index (χ2v) is 18.1. The molecule has 1 saturated carbocycles. The Morgan fingerprint density at radius 1 is 0.635 bits per heavy atom. The topological polar surface area (TPSA) is 108 Å². The largest absolute Gasteiger partial charge is 0.472 e. The van der Waals surface area contributed by atoms with Crippen LogP contribution in [0.15, 0.2) is 0 Å². The van der Waals surface area contributed by atoms with E-state index < -0.39 is 26.5 Å². The fourth-order valence-corrected chi connectivity index (χ4v) is 7.71. The van der Waals surface area contributed by atoms with Gasteiger partial charge in [0.15, 0.2) is 6.10 Å². The van der Waals surface area contributed by atoms with Gasteiger partial charge in [-0.3, -0.25) is 18.6 Å². The second kappa shape index (κ2) is 32.3. The number of phosphoric ester groups is 1. The van der Waals surface area contributed by atoms with Gasteiger partial charge in [0.05, 0.1) is 27.7 Å². The lowest BCUT2D eigenvalue weighted by molar-refractivity contribution is -0.870. The highest BCUT2D eigenvalue weighted by Crippen LogP contribution is 2.43. The van der Waals surface area contributed by atoms with E-state index in [-0.39, 0.29) is 25.6 Å². The van der Waals surface area contributed by atoms with Gasteiger partial charge in [0.2, 0.25) is 0 Å². The molecule has 308 valence electrons. The van der Waals surface area contributed by atoms with E-state index in [0.29, 0.717) is 17.4 Å². The third kappa shape index (κ3) is 32.4. The maximum absolute atomic E-state index is 12.7. The molecule has 0 bridgehead atoms. The van der Waals surface area contributed by atoms with Crippen molar-refractivity contribution in [1.82, 2.24) is 0 Å². The van der Waals surface area contributed by atoms with Crippen LogP contribution in [0.2, 0.25) is 0 Å². The van der Waals surface area contributed by atoms with Crippen LogP contribution in [-0.2, 0) is 32.7 Å². The first-order chi connectivity index (χ1) is 25.0. The molecule has 0 heterocycles. The van der Waals surface area contributed by atoms with Gasteiger partial charge in [-0.25, -0.2) is 4.57 Å². The monoisotopic (exact) mass is 761 g/mol. The Kier molecular flexibility index (Phi) is 30.4. The highest BCUT2D eigenvalue weighted by molar-refractivity contribution is 7.47. The van der Waals surface area contributed by atoms with Crippen molar-refractivity contribution in [3.63, 3.8) is 0 Å². The molecule has 2 atom stereocenters. The molecular weight excluding hydrogens is 677 g/mol. The fourth-order valence-electron chi connectivity index (χ4n) is 6.97. The molecule has 52 heavy (non-hydrogen) atoms. The summed E-state index contributed by atoms with van der Waals surface area (Å²) >= 11 is 0. The Hall–Kier alpha value is -0.990. The number of phosphoric acid groups is 1. The van der Waals surface area contributed by atoms with Gasteiger partial charge in [-0.05, 0) is 18.8 Å². The predicted octanol–water partition coefficient (Wildman–Crippen LogP) is 11.6. The highest BCUT2D eigenvalue weighted by atomic mass is 31.2. The molecule has 9 nitrogen and oxygen atoms in total. The van der Waals surface area contributed by atoms with Crippen molar-refractivity contribution in [3.8, 4) is 0 Å². The van der Waals surface area contributed by atoms with Crippen molar-refractivity contribution in [3.05, 3.63) is 0 Å². The average Bonchev–Trinajstić information content (AvgIpc) is 3.37. The third-order valence-electron chi connectivity index (χ3n) is 10.4. The van der Waals surface area contributed by atoms with E-state index >= 15 is 0 Å². The maximum Gasteiger partial charge on any atom is 0.472 e. The molecule has 0 spiro atoms. The summed E-state index contributed by atoms with van der Waals surface area (Å²) < 4.78 is 34.3. The lowest BCUT2D eigenvalue weighted by Gasteiger charge is -2.24. The molecule has 1 aliphatic carbocycles. The summed E-state index contributed by atoms with van der Waals surface area (Å²) in [7, 11) is 1.50. The number of hydrogen-bond donors (Lipinski definition) is 1. The Bertz CT molecular complexity index is 903. The predicted molar refractivity (Wildman–Crippen MR) is 213 cm³/mol. The molecule has 0 saturated heterocycles. The molecule has 1 fully saturated rings. The summed E-state index contributed by atoms with van der Waals surface area (Å²) in [5.41, 5.74) is 0. The van der Waals surface area contributed by atoms with Crippen molar-refractivity contribution in [2.45, 2.75) is 206 Å². The van der Waals surface area contributed by atoms with Gasteiger partial charge in [0, 0.05) is 12.8 Å². The molecule has 0 aromatic heterocycles. The normalized spacial score (nSPS) is 15.9. The third-order valence-corrected chi connectivity index (χ3v) is 11.4. The first kappa shape index (κ1) is 49.0. The molecule has 1 unspecified atom stereocenters. The number of rotatable bonds is 35. The van der Waals surface area contributed by atoms with E-state index in [0.717, 1.165) is 44.4 Å². The number of carbonyl (C=O) groups is 2. The number of unbranched alkanes of at least 4 members (excludes halogenated alkanes) is 19. The van der Waals surface area contributed by atoms with Crippen LogP contribution in [0.5, 0.6) is 0 Å². The van der Waals surface area contributed by atoms with Crippen LogP contribution in [0.25, 0.3) is 0 Å². The van der Waals surface area contributed by atoms with Crippen molar-refractivity contribution in [2.75, 3.05) is 47.5 Å². The van der Waals surface area contributed by atoms with Crippen LogP contribution in [0.1, 0.15) is 200 Å². The lowest BCUT2D eigenvalue weighted by Crippen LogP contribution is -2.37. The molecule has 0 radical (unpaired) electrons.